The van der Waals surface area contributed by atoms with Crippen molar-refractivity contribution in [1.29, 1.82) is 0 Å². The van der Waals surface area contributed by atoms with Crippen LogP contribution in [0.4, 0.5) is 5.82 Å². The van der Waals surface area contributed by atoms with Crippen LogP contribution in [0.25, 0.3) is 11.4 Å². The summed E-state index contributed by atoms with van der Waals surface area (Å²) >= 11 is 7.09. The van der Waals surface area contributed by atoms with Gasteiger partial charge in [0.05, 0.1) is 10.2 Å². The standard InChI is InChI=1S/C16H19Br2N3/c1-8-6-10(7-9(2)11(8)17)15-20-13(16(3,4)5)12(18)14(19)21-15/h6-7H,1-5H3,(H2,19,20,21). The Bertz CT molecular complexity index is 680. The van der Waals surface area contributed by atoms with E-state index < -0.39 is 0 Å². The molecular weight excluding hydrogens is 394 g/mol. The minimum Gasteiger partial charge on any atom is -0.383 e. The summed E-state index contributed by atoms with van der Waals surface area (Å²) < 4.78 is 1.90. The molecular formula is C16H19Br2N3. The van der Waals surface area contributed by atoms with Crippen LogP contribution in [0.1, 0.15) is 37.6 Å². The number of nitrogen functional groups attached to an aromatic ring is 1. The summed E-state index contributed by atoms with van der Waals surface area (Å²) in [4.78, 5) is 9.17. The van der Waals surface area contributed by atoms with E-state index in [1.54, 1.807) is 0 Å². The summed E-state index contributed by atoms with van der Waals surface area (Å²) in [5.74, 6) is 1.14. The molecule has 112 valence electrons. The predicted octanol–water partition coefficient (Wildman–Crippen LogP) is 5.17. The summed E-state index contributed by atoms with van der Waals surface area (Å²) in [5, 5.41) is 0. The van der Waals surface area contributed by atoms with Gasteiger partial charge in [0.2, 0.25) is 0 Å². The molecule has 0 radical (unpaired) electrons. The molecule has 0 saturated carbocycles. The molecule has 2 N–H and O–H groups in total. The van der Waals surface area contributed by atoms with Crippen molar-refractivity contribution >= 4 is 37.7 Å². The highest BCUT2D eigenvalue weighted by Gasteiger charge is 2.23. The van der Waals surface area contributed by atoms with E-state index in [4.69, 9.17) is 10.7 Å². The lowest BCUT2D eigenvalue weighted by molar-refractivity contribution is 0.565. The fourth-order valence-electron chi connectivity index (χ4n) is 2.17. The van der Waals surface area contributed by atoms with Crippen LogP contribution in [0.2, 0.25) is 0 Å². The molecule has 0 amide bonds. The number of nitrogens with two attached hydrogens (primary N) is 1. The number of benzene rings is 1. The molecule has 1 aromatic carbocycles. The third-order valence-corrected chi connectivity index (χ3v) is 5.31. The monoisotopic (exact) mass is 411 g/mol. The van der Waals surface area contributed by atoms with Gasteiger partial charge in [-0.2, -0.15) is 0 Å². The maximum absolute atomic E-state index is 6.05. The largest absolute Gasteiger partial charge is 0.383 e. The van der Waals surface area contributed by atoms with Crippen molar-refractivity contribution in [3.8, 4) is 11.4 Å². The van der Waals surface area contributed by atoms with Gasteiger partial charge >= 0.3 is 0 Å². The van der Waals surface area contributed by atoms with Gasteiger partial charge in [-0.05, 0) is 53.0 Å². The van der Waals surface area contributed by atoms with Gasteiger partial charge in [0.1, 0.15) is 5.82 Å². The molecule has 3 nitrogen and oxygen atoms in total. The van der Waals surface area contributed by atoms with Crippen molar-refractivity contribution < 1.29 is 0 Å². The van der Waals surface area contributed by atoms with Gasteiger partial charge in [-0.1, -0.05) is 36.7 Å². The van der Waals surface area contributed by atoms with Crippen molar-refractivity contribution in [3.05, 3.63) is 37.9 Å². The lowest BCUT2D eigenvalue weighted by atomic mass is 9.91. The topological polar surface area (TPSA) is 51.8 Å². The number of hydrogen-bond acceptors (Lipinski definition) is 3. The first kappa shape index (κ1) is 16.4. The van der Waals surface area contributed by atoms with E-state index in [1.165, 1.54) is 0 Å². The fraction of sp³-hybridized carbons (Fsp3) is 0.375. The molecule has 1 heterocycles. The predicted molar refractivity (Wildman–Crippen MR) is 95.5 cm³/mol. The van der Waals surface area contributed by atoms with Crippen LogP contribution < -0.4 is 5.73 Å². The van der Waals surface area contributed by atoms with Gasteiger partial charge in [-0.15, -0.1) is 0 Å². The third-order valence-electron chi connectivity index (χ3n) is 3.28. The van der Waals surface area contributed by atoms with E-state index in [0.29, 0.717) is 11.6 Å². The van der Waals surface area contributed by atoms with Crippen LogP contribution in [0.15, 0.2) is 21.1 Å². The van der Waals surface area contributed by atoms with Gasteiger partial charge in [-0.25, -0.2) is 9.97 Å². The maximum Gasteiger partial charge on any atom is 0.161 e. The average Bonchev–Trinajstić information content (AvgIpc) is 2.37. The number of aryl methyl sites for hydroxylation is 2. The number of hydrogen-bond donors (Lipinski definition) is 1. The Balaban J connectivity index is 2.68. The molecule has 0 unspecified atom stereocenters. The lowest BCUT2D eigenvalue weighted by Gasteiger charge is -2.21. The zero-order chi connectivity index (χ0) is 15.9. The molecule has 1 aromatic heterocycles. The zero-order valence-corrected chi connectivity index (χ0v) is 16.1. The smallest absolute Gasteiger partial charge is 0.161 e. The second-order valence-electron chi connectivity index (χ2n) is 6.27. The second kappa shape index (κ2) is 5.69. The summed E-state index contributed by atoms with van der Waals surface area (Å²) in [6.45, 7) is 10.5. The molecule has 2 aromatic rings. The normalized spacial score (nSPS) is 11.8. The Morgan fingerprint density at radius 1 is 0.952 bits per heavy atom. The van der Waals surface area contributed by atoms with Crippen LogP contribution >= 0.6 is 31.9 Å². The zero-order valence-electron chi connectivity index (χ0n) is 12.9. The van der Waals surface area contributed by atoms with Crippen molar-refractivity contribution in [2.45, 2.75) is 40.0 Å². The van der Waals surface area contributed by atoms with Crippen molar-refractivity contribution in [3.63, 3.8) is 0 Å². The minimum absolute atomic E-state index is 0.107. The van der Waals surface area contributed by atoms with Gasteiger partial charge in [0.25, 0.3) is 0 Å². The molecule has 0 bridgehead atoms. The van der Waals surface area contributed by atoms with Crippen molar-refractivity contribution in [2.75, 3.05) is 5.73 Å². The highest BCUT2D eigenvalue weighted by atomic mass is 79.9. The van der Waals surface area contributed by atoms with E-state index >= 15 is 0 Å². The molecule has 5 heteroatoms. The number of halogens is 2. The molecule has 0 spiro atoms. The Kier molecular flexibility index (Phi) is 4.45. The average molecular weight is 413 g/mol. The lowest BCUT2D eigenvalue weighted by Crippen LogP contribution is -2.17. The Hall–Kier alpha value is -0.940. The highest BCUT2D eigenvalue weighted by molar-refractivity contribution is 9.11. The molecule has 21 heavy (non-hydrogen) atoms. The molecule has 0 aliphatic heterocycles. The Morgan fingerprint density at radius 2 is 1.48 bits per heavy atom. The maximum atomic E-state index is 6.05. The summed E-state index contributed by atoms with van der Waals surface area (Å²) in [5.41, 5.74) is 10.2. The van der Waals surface area contributed by atoms with Gasteiger partial charge in [-0.3, -0.25) is 0 Å². The van der Waals surface area contributed by atoms with Crippen LogP contribution in [-0.4, -0.2) is 9.97 Å². The van der Waals surface area contributed by atoms with E-state index in [1.807, 2.05) is 0 Å². The summed E-state index contributed by atoms with van der Waals surface area (Å²) in [6, 6.07) is 4.15. The molecule has 0 saturated heterocycles. The first-order valence-electron chi connectivity index (χ1n) is 6.72. The molecule has 0 aliphatic rings. The molecule has 0 atom stereocenters. The van der Waals surface area contributed by atoms with Crippen LogP contribution in [0, 0.1) is 13.8 Å². The number of rotatable bonds is 1. The number of aromatic nitrogens is 2. The van der Waals surface area contributed by atoms with Crippen LogP contribution in [-0.2, 0) is 5.41 Å². The Labute approximate surface area is 142 Å². The number of nitrogens with zero attached hydrogens (tertiary/aromatic N) is 2. The molecule has 2 rings (SSSR count). The first-order chi connectivity index (χ1) is 9.61. The molecule has 0 aliphatic carbocycles. The summed E-state index contributed by atoms with van der Waals surface area (Å²) in [6.07, 6.45) is 0. The molecule has 0 fully saturated rings. The Morgan fingerprint density at radius 3 is 1.95 bits per heavy atom. The van der Waals surface area contributed by atoms with E-state index in [9.17, 15) is 0 Å². The van der Waals surface area contributed by atoms with E-state index in [-0.39, 0.29) is 5.41 Å². The SMILES string of the molecule is Cc1cc(-c2nc(N)c(Br)c(C(C)(C)C)n2)cc(C)c1Br. The summed E-state index contributed by atoms with van der Waals surface area (Å²) in [7, 11) is 0. The van der Waals surface area contributed by atoms with Gasteiger partial charge < -0.3 is 5.73 Å². The second-order valence-corrected chi connectivity index (χ2v) is 7.86. The first-order valence-corrected chi connectivity index (χ1v) is 8.30. The van der Waals surface area contributed by atoms with Gasteiger partial charge in [0, 0.05) is 15.5 Å². The van der Waals surface area contributed by atoms with Crippen molar-refractivity contribution in [1.82, 2.24) is 9.97 Å². The third kappa shape index (κ3) is 3.29. The van der Waals surface area contributed by atoms with Crippen LogP contribution in [0.3, 0.4) is 0 Å². The van der Waals surface area contributed by atoms with Gasteiger partial charge in [0.15, 0.2) is 5.82 Å². The quantitative estimate of drug-likeness (QED) is 0.703. The minimum atomic E-state index is -0.107. The number of anilines is 1. The van der Waals surface area contributed by atoms with E-state index in [0.717, 1.165) is 31.3 Å². The van der Waals surface area contributed by atoms with Crippen LogP contribution in [0.5, 0.6) is 0 Å². The fourth-order valence-corrected chi connectivity index (χ4v) is 3.17. The highest BCUT2D eigenvalue weighted by Crippen LogP contribution is 2.34. The van der Waals surface area contributed by atoms with E-state index in [2.05, 4.69) is 83.6 Å². The van der Waals surface area contributed by atoms with Crippen molar-refractivity contribution in [2.24, 2.45) is 0 Å².